The molecule has 0 fully saturated rings. The Kier molecular flexibility index (Phi) is 8.00. The quantitative estimate of drug-likeness (QED) is 0.244. The Labute approximate surface area is 341 Å². The summed E-state index contributed by atoms with van der Waals surface area (Å²) in [5, 5.41) is 5.77. The van der Waals surface area contributed by atoms with Gasteiger partial charge in [-0.2, -0.15) is 0 Å². The first-order chi connectivity index (χ1) is 28.8. The number of rotatable bonds is 5. The summed E-state index contributed by atoms with van der Waals surface area (Å²) in [4.78, 5) is 0. The molecule has 0 aliphatic heterocycles. The van der Waals surface area contributed by atoms with E-state index in [1.807, 2.05) is 0 Å². The molecule has 0 heteroatoms. The topological polar surface area (TPSA) is 0 Å². The van der Waals surface area contributed by atoms with Crippen molar-refractivity contribution >= 4 is 22.3 Å². The second kappa shape index (κ2) is 13.7. The van der Waals surface area contributed by atoms with Gasteiger partial charge in [0.2, 0.25) is 0 Å². The largest absolute Gasteiger partial charge is 0.0767 e. The zero-order valence-corrected chi connectivity index (χ0v) is 32.8. The highest BCUT2D eigenvalue weighted by Gasteiger charge is 2.36. The van der Waals surface area contributed by atoms with Gasteiger partial charge in [0.1, 0.15) is 0 Å². The van der Waals surface area contributed by atoms with Crippen LogP contribution in [0.1, 0.15) is 31.2 Å². The van der Waals surface area contributed by atoms with E-state index in [-0.39, 0.29) is 0 Å². The highest BCUT2D eigenvalue weighted by Crippen LogP contribution is 2.47. The number of hydrogen-bond donors (Lipinski definition) is 0. The Balaban J connectivity index is 0.925. The Hall–Kier alpha value is -6.24. The second-order valence-corrected chi connectivity index (χ2v) is 17.2. The van der Waals surface area contributed by atoms with Gasteiger partial charge in [-0.3, -0.25) is 0 Å². The van der Waals surface area contributed by atoms with Crippen LogP contribution in [0.25, 0.3) is 33.4 Å². The molecular formula is C58H46. The first kappa shape index (κ1) is 33.9. The summed E-state index contributed by atoms with van der Waals surface area (Å²) in [5.41, 5.74) is 17.6. The molecule has 0 saturated carbocycles. The molecule has 0 saturated heterocycles. The van der Waals surface area contributed by atoms with Crippen molar-refractivity contribution in [2.24, 2.45) is 35.5 Å². The van der Waals surface area contributed by atoms with Gasteiger partial charge in [0.15, 0.2) is 0 Å². The Morgan fingerprint density at radius 1 is 0.397 bits per heavy atom. The fourth-order valence-corrected chi connectivity index (χ4v) is 11.7. The molecule has 0 amide bonds. The Morgan fingerprint density at radius 2 is 1.03 bits per heavy atom. The third kappa shape index (κ3) is 5.27. The molecule has 6 unspecified atom stereocenters. The molecule has 3 aromatic rings. The zero-order valence-electron chi connectivity index (χ0n) is 32.8. The molecule has 58 heavy (non-hydrogen) atoms. The molecule has 0 radical (unpaired) electrons. The first-order valence-electron chi connectivity index (χ1n) is 21.5. The van der Waals surface area contributed by atoms with E-state index in [4.69, 9.17) is 0 Å². The van der Waals surface area contributed by atoms with Crippen molar-refractivity contribution in [3.05, 3.63) is 249 Å². The lowest BCUT2D eigenvalue weighted by Gasteiger charge is -2.36. The van der Waals surface area contributed by atoms with Crippen molar-refractivity contribution < 1.29 is 0 Å². The normalized spacial score (nSPS) is 27.9. The summed E-state index contributed by atoms with van der Waals surface area (Å²) in [6.45, 7) is 0. The fourth-order valence-electron chi connectivity index (χ4n) is 11.7. The van der Waals surface area contributed by atoms with E-state index < -0.39 is 0 Å². The van der Waals surface area contributed by atoms with E-state index in [1.165, 1.54) is 82.1 Å². The summed E-state index contributed by atoms with van der Waals surface area (Å²) in [7, 11) is 0. The van der Waals surface area contributed by atoms with Crippen molar-refractivity contribution in [2.45, 2.75) is 25.7 Å². The van der Waals surface area contributed by atoms with Gasteiger partial charge in [0.05, 0.1) is 0 Å². The molecular weight excluding hydrogens is 697 g/mol. The molecule has 0 aromatic heterocycles. The number of hydrogen-bond acceptors (Lipinski definition) is 0. The summed E-state index contributed by atoms with van der Waals surface area (Å²) in [6, 6.07) is 25.4. The highest BCUT2D eigenvalue weighted by atomic mass is 14.4. The predicted molar refractivity (Wildman–Crippen MR) is 242 cm³/mol. The lowest BCUT2D eigenvalue weighted by molar-refractivity contribution is 0.564. The minimum absolute atomic E-state index is 0.316. The summed E-state index contributed by atoms with van der Waals surface area (Å²) < 4.78 is 0. The smallest absolute Gasteiger partial charge is 0.0134 e. The summed E-state index contributed by atoms with van der Waals surface area (Å²) in [5.74, 6) is 2.22. The third-order valence-electron chi connectivity index (χ3n) is 14.3. The maximum absolute atomic E-state index is 2.50. The van der Waals surface area contributed by atoms with Crippen LogP contribution in [-0.2, 0) is 0 Å². The number of allylic oxidation sites excluding steroid dienone is 26. The number of benzene rings is 3. The van der Waals surface area contributed by atoms with Gasteiger partial charge >= 0.3 is 0 Å². The van der Waals surface area contributed by atoms with Crippen LogP contribution < -0.4 is 20.9 Å². The first-order valence-corrected chi connectivity index (χ1v) is 21.5. The van der Waals surface area contributed by atoms with E-state index in [0.29, 0.717) is 35.5 Å². The average Bonchev–Trinajstić information content (AvgIpc) is 3.62. The fraction of sp³-hybridized carbons (Fsp3) is 0.172. The minimum atomic E-state index is 0.316. The van der Waals surface area contributed by atoms with E-state index >= 15 is 0 Å². The molecule has 0 heterocycles. The van der Waals surface area contributed by atoms with Crippen LogP contribution in [0.2, 0.25) is 0 Å². The van der Waals surface area contributed by atoms with Gasteiger partial charge in [-0.15, -0.1) is 0 Å². The van der Waals surface area contributed by atoms with Gasteiger partial charge in [0, 0.05) is 35.5 Å². The third-order valence-corrected chi connectivity index (χ3v) is 14.3. The Bertz CT molecular complexity index is 3010. The van der Waals surface area contributed by atoms with E-state index in [2.05, 4.69) is 194 Å². The molecule has 6 atom stereocenters. The zero-order chi connectivity index (χ0) is 38.2. The van der Waals surface area contributed by atoms with Crippen LogP contribution in [0.5, 0.6) is 0 Å². The van der Waals surface area contributed by atoms with Crippen LogP contribution in [0.3, 0.4) is 0 Å². The summed E-state index contributed by atoms with van der Waals surface area (Å²) >= 11 is 0. The van der Waals surface area contributed by atoms with E-state index in [9.17, 15) is 0 Å². The van der Waals surface area contributed by atoms with E-state index in [1.54, 1.807) is 5.57 Å². The van der Waals surface area contributed by atoms with Crippen LogP contribution in [0.15, 0.2) is 222 Å². The molecule has 3 aromatic carbocycles. The lowest BCUT2D eigenvalue weighted by Crippen LogP contribution is -2.43. The lowest BCUT2D eigenvalue weighted by atomic mass is 9.67. The van der Waals surface area contributed by atoms with Gasteiger partial charge in [0.25, 0.3) is 0 Å². The van der Waals surface area contributed by atoms with Crippen LogP contribution in [0, 0.1) is 35.5 Å². The van der Waals surface area contributed by atoms with Gasteiger partial charge in [-0.05, 0) is 113 Å². The van der Waals surface area contributed by atoms with Gasteiger partial charge in [-0.25, -0.2) is 0 Å². The molecule has 9 aliphatic rings. The molecule has 0 bridgehead atoms. The van der Waals surface area contributed by atoms with Crippen LogP contribution >= 0.6 is 0 Å². The second-order valence-electron chi connectivity index (χ2n) is 17.2. The Morgan fingerprint density at radius 3 is 1.86 bits per heavy atom. The highest BCUT2D eigenvalue weighted by molar-refractivity contribution is 5.98. The average molecular weight is 743 g/mol. The maximum Gasteiger partial charge on any atom is 0.0134 e. The molecule has 0 nitrogen and oxygen atoms in total. The monoisotopic (exact) mass is 742 g/mol. The SMILES string of the molecule is C1=CC2C=CC=C(C3=CC=C(C=CC4=CC=C(C5=c6ccccc6=C(C6=c7cccc8c7=C(CC6)c6ccccc6-8)C6C=CC=CC56)CC4)C4C=CC=CC34)C2C=C1. The maximum atomic E-state index is 2.50. The minimum Gasteiger partial charge on any atom is -0.0767 e. The van der Waals surface area contributed by atoms with Crippen molar-refractivity contribution in [2.75, 3.05) is 0 Å². The molecule has 0 spiro atoms. The van der Waals surface area contributed by atoms with Crippen molar-refractivity contribution in [1.29, 1.82) is 0 Å². The van der Waals surface area contributed by atoms with E-state index in [0.717, 1.165) is 25.7 Å². The summed E-state index contributed by atoms with van der Waals surface area (Å²) in [6.07, 6.45) is 53.7. The van der Waals surface area contributed by atoms with Crippen molar-refractivity contribution in [3.8, 4) is 11.1 Å². The predicted octanol–water partition coefficient (Wildman–Crippen LogP) is 10.5. The number of fused-ring (bicyclic) bond motifs is 7. The van der Waals surface area contributed by atoms with Crippen LogP contribution in [0.4, 0.5) is 0 Å². The van der Waals surface area contributed by atoms with Crippen molar-refractivity contribution in [3.63, 3.8) is 0 Å². The standard InChI is InChI=1S/C58H46/c1-2-15-41-38(13-1)14-11-24-44(41)47-34-33-39(42-16-3-4-17-43(42)47)30-27-37-28-31-40(32-29-37)56-49-20-7-9-22-51(49)58(52-23-10-8-21-50(52)56)55-36-35-54-46-19-6-5-18-45(46)48-25-12-26-53(55)57(48)54/h1-28,30-31,33-34,38,41-43,49,51H,29,32,35-36H2. The molecule has 12 rings (SSSR count). The molecule has 0 N–H and O–H groups in total. The van der Waals surface area contributed by atoms with Gasteiger partial charge < -0.3 is 0 Å². The van der Waals surface area contributed by atoms with Crippen LogP contribution in [-0.4, -0.2) is 0 Å². The molecule has 278 valence electrons. The van der Waals surface area contributed by atoms with Gasteiger partial charge in [-0.1, -0.05) is 194 Å². The molecule has 9 aliphatic carbocycles. The van der Waals surface area contributed by atoms with Crippen molar-refractivity contribution in [1.82, 2.24) is 0 Å².